The zero-order chi connectivity index (χ0) is 13.9. The van der Waals surface area contributed by atoms with Crippen LogP contribution in [0.25, 0.3) is 0 Å². The molecule has 1 unspecified atom stereocenters. The molecule has 3 heteroatoms. The Labute approximate surface area is 116 Å². The van der Waals surface area contributed by atoms with E-state index < -0.39 is 0 Å². The minimum atomic E-state index is 0.0592. The van der Waals surface area contributed by atoms with E-state index in [2.05, 4.69) is 37.4 Å². The van der Waals surface area contributed by atoms with E-state index in [-0.39, 0.29) is 5.54 Å². The Kier molecular flexibility index (Phi) is 4.48. The van der Waals surface area contributed by atoms with Crippen molar-refractivity contribution in [3.63, 3.8) is 0 Å². The summed E-state index contributed by atoms with van der Waals surface area (Å²) in [6, 6.07) is 6.41. The molecule has 0 spiro atoms. The summed E-state index contributed by atoms with van der Waals surface area (Å²) in [5.74, 6) is 1.59. The second kappa shape index (κ2) is 5.93. The molecule has 0 fully saturated rings. The Hall–Kier alpha value is -1.06. The molecule has 1 aliphatic rings. The quantitative estimate of drug-likeness (QED) is 0.854. The third-order valence-corrected chi connectivity index (χ3v) is 4.09. The number of rotatable bonds is 5. The van der Waals surface area contributed by atoms with Gasteiger partial charge in [-0.05, 0) is 55.0 Å². The maximum Gasteiger partial charge on any atom is 0.119 e. The second-order valence-electron chi connectivity index (χ2n) is 6.07. The normalized spacial score (nSPS) is 22.4. The molecule has 0 saturated carbocycles. The van der Waals surface area contributed by atoms with Crippen LogP contribution in [0.5, 0.6) is 5.75 Å². The van der Waals surface area contributed by atoms with E-state index in [1.165, 1.54) is 11.1 Å². The minimum absolute atomic E-state index is 0.0592. The van der Waals surface area contributed by atoms with E-state index in [9.17, 15) is 0 Å². The number of methoxy groups -OCH3 is 1. The average Bonchev–Trinajstić information content (AvgIpc) is 2.44. The molecule has 3 N–H and O–H groups in total. The summed E-state index contributed by atoms with van der Waals surface area (Å²) in [5.41, 5.74) is 8.94. The van der Waals surface area contributed by atoms with Crippen LogP contribution in [0.4, 0.5) is 0 Å². The van der Waals surface area contributed by atoms with Crippen molar-refractivity contribution >= 4 is 0 Å². The van der Waals surface area contributed by atoms with Gasteiger partial charge < -0.3 is 15.8 Å². The molecule has 19 heavy (non-hydrogen) atoms. The molecule has 2 rings (SSSR count). The number of fused-ring (bicyclic) bond motifs is 1. The van der Waals surface area contributed by atoms with E-state index >= 15 is 0 Å². The van der Waals surface area contributed by atoms with Crippen LogP contribution >= 0.6 is 0 Å². The lowest BCUT2D eigenvalue weighted by atomic mass is 9.77. The Morgan fingerprint density at radius 2 is 2.16 bits per heavy atom. The molecule has 0 radical (unpaired) electrons. The molecule has 1 atom stereocenters. The Morgan fingerprint density at radius 1 is 1.37 bits per heavy atom. The smallest absolute Gasteiger partial charge is 0.119 e. The third kappa shape index (κ3) is 3.28. The van der Waals surface area contributed by atoms with Crippen LogP contribution in [-0.4, -0.2) is 25.7 Å². The van der Waals surface area contributed by atoms with Gasteiger partial charge in [0, 0.05) is 12.1 Å². The maximum absolute atomic E-state index is 6.06. The predicted octanol–water partition coefficient (Wildman–Crippen LogP) is 2.13. The van der Waals surface area contributed by atoms with E-state index in [1.54, 1.807) is 7.11 Å². The van der Waals surface area contributed by atoms with Gasteiger partial charge in [-0.1, -0.05) is 19.9 Å². The molecule has 0 heterocycles. The molecular formula is C16H26N2O. The van der Waals surface area contributed by atoms with Crippen LogP contribution in [0.1, 0.15) is 31.4 Å². The zero-order valence-corrected chi connectivity index (χ0v) is 12.3. The summed E-state index contributed by atoms with van der Waals surface area (Å²) in [7, 11) is 1.72. The number of ether oxygens (including phenoxy) is 1. The first-order valence-electron chi connectivity index (χ1n) is 7.19. The lowest BCUT2D eigenvalue weighted by molar-refractivity contribution is 0.280. The predicted molar refractivity (Wildman–Crippen MR) is 79.6 cm³/mol. The number of aryl methyl sites for hydroxylation is 1. The molecule has 0 bridgehead atoms. The standard InChI is InChI=1S/C16H26N2O/c1-12(2)10-18-16(11-17)7-6-13-4-5-15(19-3)8-14(13)9-16/h4-5,8,12,18H,6-7,9-11,17H2,1-3H3. The van der Waals surface area contributed by atoms with E-state index in [0.717, 1.165) is 31.6 Å². The van der Waals surface area contributed by atoms with Gasteiger partial charge in [0.25, 0.3) is 0 Å². The molecular weight excluding hydrogens is 236 g/mol. The van der Waals surface area contributed by atoms with Crippen molar-refractivity contribution in [1.82, 2.24) is 5.32 Å². The van der Waals surface area contributed by atoms with Crippen molar-refractivity contribution < 1.29 is 4.74 Å². The molecule has 1 aliphatic carbocycles. The fourth-order valence-corrected chi connectivity index (χ4v) is 2.78. The molecule has 0 aliphatic heterocycles. The number of nitrogens with two attached hydrogens (primary N) is 1. The topological polar surface area (TPSA) is 47.3 Å². The number of hydrogen-bond donors (Lipinski definition) is 2. The van der Waals surface area contributed by atoms with Gasteiger partial charge in [0.2, 0.25) is 0 Å². The molecule has 0 amide bonds. The maximum atomic E-state index is 6.06. The highest BCUT2D eigenvalue weighted by Gasteiger charge is 2.32. The van der Waals surface area contributed by atoms with E-state index in [4.69, 9.17) is 10.5 Å². The summed E-state index contributed by atoms with van der Waals surface area (Å²) in [6.45, 7) is 6.18. The van der Waals surface area contributed by atoms with Crippen molar-refractivity contribution in [2.24, 2.45) is 11.7 Å². The van der Waals surface area contributed by atoms with Gasteiger partial charge in [-0.15, -0.1) is 0 Å². The van der Waals surface area contributed by atoms with Crippen LogP contribution in [0, 0.1) is 5.92 Å². The lowest BCUT2D eigenvalue weighted by Gasteiger charge is -2.39. The van der Waals surface area contributed by atoms with Crippen molar-refractivity contribution in [1.29, 1.82) is 0 Å². The van der Waals surface area contributed by atoms with E-state index in [0.29, 0.717) is 12.5 Å². The minimum Gasteiger partial charge on any atom is -0.497 e. The molecule has 0 aromatic heterocycles. The third-order valence-electron chi connectivity index (χ3n) is 4.09. The largest absolute Gasteiger partial charge is 0.497 e. The van der Waals surface area contributed by atoms with Crippen molar-refractivity contribution in [3.8, 4) is 5.75 Å². The highest BCUT2D eigenvalue weighted by molar-refractivity contribution is 5.39. The number of benzene rings is 1. The summed E-state index contributed by atoms with van der Waals surface area (Å²) >= 11 is 0. The molecule has 1 aromatic carbocycles. The van der Waals surface area contributed by atoms with Crippen molar-refractivity contribution in [2.45, 2.75) is 38.6 Å². The average molecular weight is 262 g/mol. The number of nitrogens with one attached hydrogen (secondary N) is 1. The van der Waals surface area contributed by atoms with Crippen LogP contribution in [0.3, 0.4) is 0 Å². The Morgan fingerprint density at radius 3 is 2.79 bits per heavy atom. The monoisotopic (exact) mass is 262 g/mol. The summed E-state index contributed by atoms with van der Waals surface area (Å²) < 4.78 is 5.33. The van der Waals surface area contributed by atoms with Gasteiger partial charge >= 0.3 is 0 Å². The first kappa shape index (κ1) is 14.4. The van der Waals surface area contributed by atoms with Gasteiger partial charge in [0.1, 0.15) is 5.75 Å². The summed E-state index contributed by atoms with van der Waals surface area (Å²) in [5, 5.41) is 3.70. The fourth-order valence-electron chi connectivity index (χ4n) is 2.78. The first-order valence-corrected chi connectivity index (χ1v) is 7.19. The highest BCUT2D eigenvalue weighted by Crippen LogP contribution is 2.30. The Balaban J connectivity index is 2.17. The van der Waals surface area contributed by atoms with Gasteiger partial charge in [0.15, 0.2) is 0 Å². The van der Waals surface area contributed by atoms with Gasteiger partial charge in [-0.25, -0.2) is 0 Å². The van der Waals surface area contributed by atoms with Crippen LogP contribution < -0.4 is 15.8 Å². The molecule has 3 nitrogen and oxygen atoms in total. The van der Waals surface area contributed by atoms with Crippen LogP contribution in [-0.2, 0) is 12.8 Å². The molecule has 1 aromatic rings. The van der Waals surface area contributed by atoms with Crippen LogP contribution in [0.15, 0.2) is 18.2 Å². The zero-order valence-electron chi connectivity index (χ0n) is 12.3. The van der Waals surface area contributed by atoms with E-state index in [1.807, 2.05) is 0 Å². The fraction of sp³-hybridized carbons (Fsp3) is 0.625. The highest BCUT2D eigenvalue weighted by atomic mass is 16.5. The van der Waals surface area contributed by atoms with Crippen molar-refractivity contribution in [2.75, 3.05) is 20.2 Å². The number of hydrogen-bond acceptors (Lipinski definition) is 3. The Bertz CT molecular complexity index is 431. The van der Waals surface area contributed by atoms with Crippen molar-refractivity contribution in [3.05, 3.63) is 29.3 Å². The summed E-state index contributed by atoms with van der Waals surface area (Å²) in [6.07, 6.45) is 3.22. The van der Waals surface area contributed by atoms with Gasteiger partial charge in [-0.2, -0.15) is 0 Å². The SMILES string of the molecule is COc1ccc2c(c1)CC(CN)(NCC(C)C)CC2. The van der Waals surface area contributed by atoms with Gasteiger partial charge in [0.05, 0.1) is 7.11 Å². The molecule has 0 saturated heterocycles. The molecule has 106 valence electrons. The summed E-state index contributed by atoms with van der Waals surface area (Å²) in [4.78, 5) is 0. The lowest BCUT2D eigenvalue weighted by Crippen LogP contribution is -2.55. The first-order chi connectivity index (χ1) is 9.08. The second-order valence-corrected chi connectivity index (χ2v) is 6.07. The van der Waals surface area contributed by atoms with Gasteiger partial charge in [-0.3, -0.25) is 0 Å². The van der Waals surface area contributed by atoms with Crippen LogP contribution in [0.2, 0.25) is 0 Å².